The van der Waals surface area contributed by atoms with E-state index in [2.05, 4.69) is 35.4 Å². The molecule has 0 aromatic heterocycles. The Bertz CT molecular complexity index is 1190. The van der Waals surface area contributed by atoms with Gasteiger partial charge in [0.1, 0.15) is 5.75 Å². The van der Waals surface area contributed by atoms with Crippen LogP contribution in [-0.2, 0) is 11.8 Å². The molecular formula is C30H34N2O2. The maximum atomic E-state index is 13.6. The van der Waals surface area contributed by atoms with Crippen molar-refractivity contribution in [1.82, 2.24) is 9.80 Å². The average molecular weight is 455 g/mol. The zero-order valence-corrected chi connectivity index (χ0v) is 20.0. The lowest BCUT2D eigenvalue weighted by molar-refractivity contribution is -0.0979. The Kier molecular flexibility index (Phi) is 4.26. The summed E-state index contributed by atoms with van der Waals surface area (Å²) in [7, 11) is 0. The first-order valence-electron chi connectivity index (χ1n) is 13.0. The van der Waals surface area contributed by atoms with Gasteiger partial charge in [0.25, 0.3) is 5.91 Å². The monoisotopic (exact) mass is 454 g/mol. The predicted octanol–water partition coefficient (Wildman–Crippen LogP) is 4.78. The number of amides is 1. The van der Waals surface area contributed by atoms with Crippen LogP contribution in [0.25, 0.3) is 0 Å². The summed E-state index contributed by atoms with van der Waals surface area (Å²) in [6.45, 7) is 9.35. The third kappa shape index (κ3) is 2.45. The molecule has 1 N–H and O–H groups in total. The summed E-state index contributed by atoms with van der Waals surface area (Å²) in [5.74, 6) is 1.62. The third-order valence-electron chi connectivity index (χ3n) is 10.3. The summed E-state index contributed by atoms with van der Waals surface area (Å²) < 4.78 is 0. The Labute approximate surface area is 202 Å². The fourth-order valence-corrected chi connectivity index (χ4v) is 9.61. The first-order chi connectivity index (χ1) is 16.4. The summed E-state index contributed by atoms with van der Waals surface area (Å²) in [6, 6.07) is 16.8. The molecule has 0 radical (unpaired) electrons. The van der Waals surface area contributed by atoms with Crippen LogP contribution < -0.4 is 0 Å². The molecule has 4 bridgehead atoms. The van der Waals surface area contributed by atoms with Crippen LogP contribution >= 0.6 is 0 Å². The SMILES string of the molecule is C=C(C)CN1CCC23c4cc(O)ccc4CC1C21CCC2C3[C@@H](CN2C(=O)c2ccccc2)C1. The molecule has 34 heavy (non-hydrogen) atoms. The quantitative estimate of drug-likeness (QED) is 0.679. The van der Waals surface area contributed by atoms with Crippen molar-refractivity contribution in [3.8, 4) is 5.75 Å². The Balaban J connectivity index is 1.36. The fraction of sp³-hybridized carbons (Fsp3) is 0.500. The van der Waals surface area contributed by atoms with E-state index in [-0.39, 0.29) is 16.7 Å². The lowest BCUT2D eigenvalue weighted by atomic mass is 9.43. The highest BCUT2D eigenvalue weighted by atomic mass is 16.3. The van der Waals surface area contributed by atoms with E-state index < -0.39 is 0 Å². The van der Waals surface area contributed by atoms with Crippen LogP contribution in [0, 0.1) is 17.3 Å². The lowest BCUT2D eigenvalue weighted by Crippen LogP contribution is -2.69. The number of piperidine rings is 1. The number of carbonyl (C=O) groups is 1. The van der Waals surface area contributed by atoms with Crippen LogP contribution in [0.5, 0.6) is 5.75 Å². The number of likely N-dealkylation sites (tertiary alicyclic amines) is 2. The second-order valence-corrected chi connectivity index (χ2v) is 11.8. The van der Waals surface area contributed by atoms with Crippen LogP contribution in [0.15, 0.2) is 60.7 Å². The number of benzene rings is 2. The molecule has 4 heteroatoms. The number of hydrogen-bond donors (Lipinski definition) is 1. The number of carbonyl (C=O) groups excluding carboxylic acids is 1. The summed E-state index contributed by atoms with van der Waals surface area (Å²) in [4.78, 5) is 18.6. The molecule has 6 atom stereocenters. The van der Waals surface area contributed by atoms with Crippen molar-refractivity contribution in [3.05, 3.63) is 77.4 Å². The second kappa shape index (κ2) is 6.97. The van der Waals surface area contributed by atoms with E-state index in [1.165, 1.54) is 29.5 Å². The van der Waals surface area contributed by atoms with Gasteiger partial charge in [-0.2, -0.15) is 0 Å². The molecule has 5 unspecified atom stereocenters. The molecule has 2 aromatic carbocycles. The van der Waals surface area contributed by atoms with Crippen molar-refractivity contribution in [1.29, 1.82) is 0 Å². The third-order valence-corrected chi connectivity index (χ3v) is 10.3. The van der Waals surface area contributed by atoms with E-state index in [0.29, 0.717) is 29.7 Å². The highest BCUT2D eigenvalue weighted by molar-refractivity contribution is 5.94. The van der Waals surface area contributed by atoms with Crippen LogP contribution in [0.2, 0.25) is 0 Å². The average Bonchev–Trinajstić information content (AvgIpc) is 3.27. The summed E-state index contributed by atoms with van der Waals surface area (Å²) in [5, 5.41) is 10.6. The molecule has 2 saturated heterocycles. The van der Waals surface area contributed by atoms with E-state index in [4.69, 9.17) is 0 Å². The normalized spacial score (nSPS) is 37.3. The molecule has 2 saturated carbocycles. The molecule has 176 valence electrons. The molecule has 0 spiro atoms. The number of nitrogens with zero attached hydrogens (tertiary/aromatic N) is 2. The van der Waals surface area contributed by atoms with E-state index >= 15 is 0 Å². The number of hydrogen-bond acceptors (Lipinski definition) is 3. The van der Waals surface area contributed by atoms with Gasteiger partial charge in [0.05, 0.1) is 0 Å². The number of phenolic OH excluding ortho intramolecular Hbond substituents is 1. The smallest absolute Gasteiger partial charge is 0.254 e. The van der Waals surface area contributed by atoms with Crippen molar-refractivity contribution >= 4 is 5.91 Å². The van der Waals surface area contributed by atoms with Crippen LogP contribution in [-0.4, -0.2) is 52.5 Å². The molecule has 2 aromatic rings. The highest BCUT2D eigenvalue weighted by Crippen LogP contribution is 2.75. The van der Waals surface area contributed by atoms with Gasteiger partial charge in [0, 0.05) is 36.2 Å². The maximum Gasteiger partial charge on any atom is 0.254 e. The summed E-state index contributed by atoms with van der Waals surface area (Å²) in [5.41, 5.74) is 5.19. The van der Waals surface area contributed by atoms with Gasteiger partial charge in [-0.15, -0.1) is 0 Å². The largest absolute Gasteiger partial charge is 0.508 e. The zero-order chi connectivity index (χ0) is 23.2. The van der Waals surface area contributed by atoms with Crippen molar-refractivity contribution in [2.24, 2.45) is 17.3 Å². The van der Waals surface area contributed by atoms with Gasteiger partial charge >= 0.3 is 0 Å². The highest BCUT2D eigenvalue weighted by Gasteiger charge is 2.76. The Morgan fingerprint density at radius 1 is 1.18 bits per heavy atom. The van der Waals surface area contributed by atoms with E-state index in [9.17, 15) is 9.90 Å². The van der Waals surface area contributed by atoms with Crippen molar-refractivity contribution in [3.63, 3.8) is 0 Å². The molecule has 4 fully saturated rings. The number of aromatic hydroxyl groups is 1. The Morgan fingerprint density at radius 2 is 2.00 bits per heavy atom. The van der Waals surface area contributed by atoms with Crippen LogP contribution in [0.3, 0.4) is 0 Å². The van der Waals surface area contributed by atoms with Gasteiger partial charge in [0.15, 0.2) is 0 Å². The van der Waals surface area contributed by atoms with Gasteiger partial charge < -0.3 is 10.0 Å². The van der Waals surface area contributed by atoms with Crippen molar-refractivity contribution < 1.29 is 9.90 Å². The molecule has 1 amide bonds. The first-order valence-corrected chi connectivity index (χ1v) is 13.0. The molecular weight excluding hydrogens is 420 g/mol. The predicted molar refractivity (Wildman–Crippen MR) is 133 cm³/mol. The van der Waals surface area contributed by atoms with Gasteiger partial charge in [-0.05, 0) is 98.2 Å². The standard InChI is InChI=1S/C30H34N2O2/c1-19(2)17-31-13-12-30-24-15-23(33)9-8-21(24)14-26(31)29(30)11-10-25-27(30)22(16-29)18-32(25)28(34)20-6-4-3-5-7-20/h3-9,15,22,25-27,33H,1,10-14,16-18H2,2H3/t22-,25?,26?,27?,29?,30?/m1/s1. The fourth-order valence-electron chi connectivity index (χ4n) is 9.61. The van der Waals surface area contributed by atoms with Gasteiger partial charge in [-0.25, -0.2) is 0 Å². The number of rotatable bonds is 3. The minimum atomic E-state index is 0.0644. The molecule has 3 aliphatic carbocycles. The zero-order valence-electron chi connectivity index (χ0n) is 20.0. The van der Waals surface area contributed by atoms with Crippen LogP contribution in [0.1, 0.15) is 54.1 Å². The second-order valence-electron chi connectivity index (χ2n) is 11.8. The van der Waals surface area contributed by atoms with Gasteiger partial charge in [-0.3, -0.25) is 9.69 Å². The Morgan fingerprint density at radius 3 is 2.79 bits per heavy atom. The van der Waals surface area contributed by atoms with Crippen molar-refractivity contribution in [2.45, 2.75) is 56.5 Å². The van der Waals surface area contributed by atoms with Gasteiger partial charge in [0.2, 0.25) is 0 Å². The molecule has 2 aliphatic heterocycles. The molecule has 5 aliphatic rings. The molecule has 7 rings (SSSR count). The number of fused-ring (bicyclic) bond motifs is 1. The Hall–Kier alpha value is -2.59. The number of phenols is 1. The first kappa shape index (κ1) is 20.8. The minimum Gasteiger partial charge on any atom is -0.508 e. The summed E-state index contributed by atoms with van der Waals surface area (Å²) >= 11 is 0. The van der Waals surface area contributed by atoms with E-state index in [0.717, 1.165) is 44.5 Å². The van der Waals surface area contributed by atoms with Crippen molar-refractivity contribution in [2.75, 3.05) is 19.6 Å². The van der Waals surface area contributed by atoms with Gasteiger partial charge in [-0.1, -0.05) is 36.4 Å². The van der Waals surface area contributed by atoms with E-state index in [1.807, 2.05) is 36.4 Å². The topological polar surface area (TPSA) is 43.8 Å². The van der Waals surface area contributed by atoms with E-state index in [1.54, 1.807) is 0 Å². The maximum absolute atomic E-state index is 13.6. The summed E-state index contributed by atoms with van der Waals surface area (Å²) in [6.07, 6.45) is 5.68. The molecule has 2 heterocycles. The molecule has 4 nitrogen and oxygen atoms in total. The van der Waals surface area contributed by atoms with Crippen LogP contribution in [0.4, 0.5) is 0 Å². The lowest BCUT2D eigenvalue weighted by Gasteiger charge is -2.66. The minimum absolute atomic E-state index is 0.0644.